The van der Waals surface area contributed by atoms with Crippen molar-refractivity contribution < 1.29 is 8.42 Å². The topological polar surface area (TPSA) is 51.4 Å². The molecule has 0 spiro atoms. The molecule has 0 aliphatic heterocycles. The second-order valence-electron chi connectivity index (χ2n) is 5.21. The Labute approximate surface area is 129 Å². The largest absolute Gasteiger partial charge is 0.343 e. The highest BCUT2D eigenvalue weighted by atomic mass is 32.2. The highest BCUT2D eigenvalue weighted by Crippen LogP contribution is 2.18. The van der Waals surface area contributed by atoms with Crippen LogP contribution in [0, 0.1) is 6.92 Å². The molecule has 22 heavy (non-hydrogen) atoms. The van der Waals surface area contributed by atoms with Crippen molar-refractivity contribution in [1.29, 1.82) is 0 Å². The second kappa shape index (κ2) is 5.42. The van der Waals surface area contributed by atoms with Gasteiger partial charge in [0.1, 0.15) is 0 Å². The first kappa shape index (κ1) is 14.5. The monoisotopic (exact) mass is 312 g/mol. The molecule has 0 radical (unpaired) electrons. The summed E-state index contributed by atoms with van der Waals surface area (Å²) in [5.74, 6) is 0. The summed E-state index contributed by atoms with van der Waals surface area (Å²) in [6.07, 6.45) is 1.40. The molecule has 4 nitrogen and oxygen atoms in total. The molecule has 0 unspecified atom stereocenters. The average Bonchev–Trinajstić information content (AvgIpc) is 2.83. The van der Waals surface area contributed by atoms with E-state index in [0.717, 1.165) is 22.2 Å². The first-order valence-corrected chi connectivity index (χ1v) is 8.33. The van der Waals surface area contributed by atoms with Gasteiger partial charge in [-0.15, -0.1) is 0 Å². The van der Waals surface area contributed by atoms with E-state index in [-0.39, 0.29) is 4.90 Å². The van der Waals surface area contributed by atoms with Crippen LogP contribution in [0.15, 0.2) is 63.9 Å². The van der Waals surface area contributed by atoms with Crippen LogP contribution >= 0.6 is 0 Å². The van der Waals surface area contributed by atoms with Crippen molar-refractivity contribution in [2.24, 2.45) is 11.4 Å². The lowest BCUT2D eigenvalue weighted by atomic mass is 10.2. The zero-order chi connectivity index (χ0) is 15.7. The molecule has 112 valence electrons. The standard InChI is InChI=1S/C17H16N2O2S/c1-13-7-9-16(10-8-13)22(20,21)18-12-15-11-14-5-3-4-6-17(14)19(15)2/h3-12H,1-2H3/b18-12-. The summed E-state index contributed by atoms with van der Waals surface area (Å²) < 4.78 is 30.2. The third-order valence-corrected chi connectivity index (χ3v) is 4.88. The molecule has 2 aromatic carbocycles. The number of hydrogen-bond donors (Lipinski definition) is 0. The quantitative estimate of drug-likeness (QED) is 0.697. The summed E-state index contributed by atoms with van der Waals surface area (Å²) in [5.41, 5.74) is 2.80. The molecule has 0 N–H and O–H groups in total. The van der Waals surface area contributed by atoms with Gasteiger partial charge in [-0.2, -0.15) is 12.8 Å². The fourth-order valence-electron chi connectivity index (χ4n) is 2.33. The number of para-hydroxylation sites is 1. The van der Waals surface area contributed by atoms with Gasteiger partial charge in [0.15, 0.2) is 0 Å². The van der Waals surface area contributed by atoms with Gasteiger partial charge in [0, 0.05) is 18.0 Å². The van der Waals surface area contributed by atoms with Gasteiger partial charge in [-0.25, -0.2) is 0 Å². The minimum absolute atomic E-state index is 0.202. The van der Waals surface area contributed by atoms with E-state index < -0.39 is 10.0 Å². The summed E-state index contributed by atoms with van der Waals surface area (Å²) in [6.45, 7) is 1.91. The Morgan fingerprint density at radius 1 is 1.05 bits per heavy atom. The summed E-state index contributed by atoms with van der Waals surface area (Å²) in [6, 6.07) is 16.5. The summed E-state index contributed by atoms with van der Waals surface area (Å²) in [7, 11) is -1.78. The Kier molecular flexibility index (Phi) is 3.58. The van der Waals surface area contributed by atoms with Crippen molar-refractivity contribution in [3.63, 3.8) is 0 Å². The third kappa shape index (κ3) is 2.67. The van der Waals surface area contributed by atoms with Gasteiger partial charge in [-0.05, 0) is 31.2 Å². The lowest BCUT2D eigenvalue weighted by Gasteiger charge is -2.00. The Hall–Kier alpha value is -2.40. The molecule has 0 aliphatic rings. The molecule has 0 aliphatic carbocycles. The molecule has 0 fully saturated rings. The minimum atomic E-state index is -3.67. The van der Waals surface area contributed by atoms with Crippen LogP contribution in [0.25, 0.3) is 10.9 Å². The molecule has 0 saturated carbocycles. The SMILES string of the molecule is Cc1ccc(S(=O)(=O)/N=C\c2cc3ccccc3n2C)cc1. The van der Waals surface area contributed by atoms with Crippen molar-refractivity contribution in [2.75, 3.05) is 0 Å². The number of benzene rings is 2. The fourth-order valence-corrected chi connectivity index (χ4v) is 3.18. The maximum atomic E-state index is 12.2. The van der Waals surface area contributed by atoms with Crippen molar-refractivity contribution in [3.05, 3.63) is 65.9 Å². The predicted octanol–water partition coefficient (Wildman–Crippen LogP) is 3.29. The third-order valence-electron chi connectivity index (χ3n) is 3.63. The van der Waals surface area contributed by atoms with Gasteiger partial charge >= 0.3 is 0 Å². The highest BCUT2D eigenvalue weighted by molar-refractivity contribution is 7.90. The van der Waals surface area contributed by atoms with Crippen LogP contribution < -0.4 is 0 Å². The van der Waals surface area contributed by atoms with Gasteiger partial charge in [-0.3, -0.25) is 0 Å². The molecule has 0 atom stereocenters. The Morgan fingerprint density at radius 2 is 1.73 bits per heavy atom. The predicted molar refractivity (Wildman–Crippen MR) is 88.9 cm³/mol. The Bertz CT molecular complexity index is 952. The van der Waals surface area contributed by atoms with Crippen molar-refractivity contribution in [2.45, 2.75) is 11.8 Å². The van der Waals surface area contributed by atoms with Gasteiger partial charge in [-0.1, -0.05) is 35.9 Å². The zero-order valence-electron chi connectivity index (χ0n) is 12.4. The second-order valence-corrected chi connectivity index (χ2v) is 6.84. The van der Waals surface area contributed by atoms with Crippen LogP contribution in [0.4, 0.5) is 0 Å². The van der Waals surface area contributed by atoms with E-state index in [9.17, 15) is 8.42 Å². The molecule has 0 amide bonds. The molecule has 3 rings (SSSR count). The van der Waals surface area contributed by atoms with Crippen LogP contribution in [0.1, 0.15) is 11.3 Å². The van der Waals surface area contributed by atoms with E-state index in [1.165, 1.54) is 6.21 Å². The van der Waals surface area contributed by atoms with Crippen LogP contribution in [-0.2, 0) is 17.1 Å². The van der Waals surface area contributed by atoms with Crippen LogP contribution in [0.2, 0.25) is 0 Å². The van der Waals surface area contributed by atoms with Crippen molar-refractivity contribution >= 4 is 27.1 Å². The normalized spacial score (nSPS) is 12.3. The Balaban J connectivity index is 1.98. The molecular formula is C17H16N2O2S. The minimum Gasteiger partial charge on any atom is -0.343 e. The molecule has 1 aromatic heterocycles. The van der Waals surface area contributed by atoms with E-state index >= 15 is 0 Å². The molecule has 0 bridgehead atoms. The molecule has 3 aromatic rings. The summed E-state index contributed by atoms with van der Waals surface area (Å²) in [5, 5.41) is 1.05. The summed E-state index contributed by atoms with van der Waals surface area (Å²) in [4.78, 5) is 0.202. The van der Waals surface area contributed by atoms with Crippen LogP contribution in [-0.4, -0.2) is 19.2 Å². The molecule has 5 heteroatoms. The van der Waals surface area contributed by atoms with Crippen molar-refractivity contribution in [3.8, 4) is 0 Å². The molecule has 1 heterocycles. The first-order chi connectivity index (χ1) is 10.5. The zero-order valence-corrected chi connectivity index (χ0v) is 13.2. The van der Waals surface area contributed by atoms with Gasteiger partial charge in [0.25, 0.3) is 10.0 Å². The van der Waals surface area contributed by atoms with Crippen LogP contribution in [0.5, 0.6) is 0 Å². The average molecular weight is 312 g/mol. The number of rotatable bonds is 3. The van der Waals surface area contributed by atoms with Gasteiger partial charge < -0.3 is 4.57 Å². The Morgan fingerprint density at radius 3 is 2.41 bits per heavy atom. The number of nitrogens with zero attached hydrogens (tertiary/aromatic N) is 2. The first-order valence-electron chi connectivity index (χ1n) is 6.89. The smallest absolute Gasteiger partial charge is 0.282 e. The van der Waals surface area contributed by atoms with Gasteiger partial charge in [0.05, 0.1) is 16.8 Å². The number of aromatic nitrogens is 1. The van der Waals surface area contributed by atoms with Crippen molar-refractivity contribution in [1.82, 2.24) is 4.57 Å². The molecule has 0 saturated heterocycles. The number of fused-ring (bicyclic) bond motifs is 1. The van der Waals surface area contributed by atoms with E-state index in [1.54, 1.807) is 24.3 Å². The van der Waals surface area contributed by atoms with E-state index in [0.29, 0.717) is 0 Å². The van der Waals surface area contributed by atoms with Gasteiger partial charge in [0.2, 0.25) is 0 Å². The van der Waals surface area contributed by atoms with E-state index in [1.807, 2.05) is 48.9 Å². The van der Waals surface area contributed by atoms with E-state index in [2.05, 4.69) is 4.40 Å². The number of aryl methyl sites for hydroxylation is 2. The maximum Gasteiger partial charge on any atom is 0.282 e. The number of sulfonamides is 1. The fraction of sp³-hybridized carbons (Fsp3) is 0.118. The number of hydrogen-bond acceptors (Lipinski definition) is 2. The highest BCUT2D eigenvalue weighted by Gasteiger charge is 2.11. The lowest BCUT2D eigenvalue weighted by Crippen LogP contribution is -2.00. The maximum absolute atomic E-state index is 12.2. The summed E-state index contributed by atoms with van der Waals surface area (Å²) >= 11 is 0. The van der Waals surface area contributed by atoms with E-state index in [4.69, 9.17) is 0 Å². The lowest BCUT2D eigenvalue weighted by molar-refractivity contribution is 0.598. The molecular weight excluding hydrogens is 296 g/mol. The van der Waals surface area contributed by atoms with Crippen LogP contribution in [0.3, 0.4) is 0 Å².